The number of benzene rings is 2. The molecule has 1 aliphatic rings. The number of aryl methyl sites for hydroxylation is 2. The summed E-state index contributed by atoms with van der Waals surface area (Å²) in [6, 6.07) is 14.2. The lowest BCUT2D eigenvalue weighted by Gasteiger charge is -2.30. The number of para-hydroxylation sites is 1. The highest BCUT2D eigenvalue weighted by atomic mass is 16.5. The van der Waals surface area contributed by atoms with Crippen LogP contribution in [0.4, 0.5) is 0 Å². The summed E-state index contributed by atoms with van der Waals surface area (Å²) in [5.74, 6) is 0.474. The average molecular weight is 375 g/mol. The van der Waals surface area contributed by atoms with Gasteiger partial charge < -0.3 is 9.64 Å². The van der Waals surface area contributed by atoms with E-state index in [-0.39, 0.29) is 5.91 Å². The molecule has 0 spiro atoms. The van der Waals surface area contributed by atoms with E-state index in [0.717, 1.165) is 12.1 Å². The average Bonchev–Trinajstić information content (AvgIpc) is 3.12. The molecule has 144 valence electrons. The Balaban J connectivity index is 1.66. The molecule has 1 amide bonds. The molecule has 1 aliphatic heterocycles. The lowest BCUT2D eigenvalue weighted by molar-refractivity contribution is 0.0730. The van der Waals surface area contributed by atoms with Crippen LogP contribution in [0.1, 0.15) is 39.5 Å². The Morgan fingerprint density at radius 1 is 1.18 bits per heavy atom. The van der Waals surface area contributed by atoms with E-state index in [9.17, 15) is 4.79 Å². The monoisotopic (exact) mass is 375 g/mol. The first-order chi connectivity index (χ1) is 13.6. The van der Waals surface area contributed by atoms with Gasteiger partial charge in [-0.2, -0.15) is 5.10 Å². The number of hydrogen-bond acceptors (Lipinski definition) is 3. The topological polar surface area (TPSA) is 47.4 Å². The van der Waals surface area contributed by atoms with Crippen molar-refractivity contribution in [2.45, 2.75) is 33.7 Å². The van der Waals surface area contributed by atoms with Crippen LogP contribution in [0.3, 0.4) is 0 Å². The SMILES string of the molecule is CCOc1c(C(=O)N2CCc3cc(C)cc(C)c3C2)cnn1-c1ccccc1. The van der Waals surface area contributed by atoms with Crippen LogP contribution in [0.15, 0.2) is 48.7 Å². The van der Waals surface area contributed by atoms with Gasteiger partial charge >= 0.3 is 0 Å². The second-order valence-electron chi connectivity index (χ2n) is 7.24. The van der Waals surface area contributed by atoms with Gasteiger partial charge in [-0.1, -0.05) is 35.9 Å². The smallest absolute Gasteiger partial charge is 0.261 e. The summed E-state index contributed by atoms with van der Waals surface area (Å²) in [5, 5.41) is 4.44. The number of hydrogen-bond donors (Lipinski definition) is 0. The number of carbonyl (C=O) groups is 1. The van der Waals surface area contributed by atoms with Crippen molar-refractivity contribution < 1.29 is 9.53 Å². The van der Waals surface area contributed by atoms with Gasteiger partial charge in [-0.05, 0) is 56.0 Å². The molecule has 28 heavy (non-hydrogen) atoms. The first-order valence-corrected chi connectivity index (χ1v) is 9.73. The van der Waals surface area contributed by atoms with E-state index < -0.39 is 0 Å². The molecule has 0 atom stereocenters. The van der Waals surface area contributed by atoms with Crippen molar-refractivity contribution in [2.24, 2.45) is 0 Å². The summed E-state index contributed by atoms with van der Waals surface area (Å²) in [6.45, 7) is 7.97. The zero-order valence-corrected chi connectivity index (χ0v) is 16.6. The number of amides is 1. The first-order valence-electron chi connectivity index (χ1n) is 9.73. The van der Waals surface area contributed by atoms with E-state index >= 15 is 0 Å². The molecule has 5 nitrogen and oxygen atoms in total. The number of carbonyl (C=O) groups excluding carboxylic acids is 1. The van der Waals surface area contributed by atoms with Crippen molar-refractivity contribution in [3.05, 3.63) is 76.5 Å². The Kier molecular flexibility index (Phi) is 4.90. The number of ether oxygens (including phenoxy) is 1. The molecule has 4 rings (SSSR count). The molecular weight excluding hydrogens is 350 g/mol. The molecule has 1 aromatic heterocycles. The van der Waals surface area contributed by atoms with Crippen molar-refractivity contribution >= 4 is 5.91 Å². The fraction of sp³-hybridized carbons (Fsp3) is 0.304. The summed E-state index contributed by atoms with van der Waals surface area (Å²) < 4.78 is 7.53. The van der Waals surface area contributed by atoms with Crippen molar-refractivity contribution in [3.63, 3.8) is 0 Å². The van der Waals surface area contributed by atoms with Crippen LogP contribution in [0.5, 0.6) is 5.88 Å². The summed E-state index contributed by atoms with van der Waals surface area (Å²) in [5.41, 5.74) is 6.53. The maximum atomic E-state index is 13.3. The molecule has 0 unspecified atom stereocenters. The normalized spacial score (nSPS) is 13.3. The molecular formula is C23H25N3O2. The molecule has 0 saturated carbocycles. The van der Waals surface area contributed by atoms with Gasteiger partial charge in [0.15, 0.2) is 0 Å². The zero-order valence-electron chi connectivity index (χ0n) is 16.6. The van der Waals surface area contributed by atoms with Gasteiger partial charge in [0.05, 0.1) is 18.5 Å². The number of rotatable bonds is 4. The molecule has 2 aromatic carbocycles. The molecule has 2 heterocycles. The quantitative estimate of drug-likeness (QED) is 0.690. The molecule has 0 aliphatic carbocycles. The zero-order chi connectivity index (χ0) is 19.7. The lowest BCUT2D eigenvalue weighted by Crippen LogP contribution is -2.36. The van der Waals surface area contributed by atoms with Crippen LogP contribution in [0.2, 0.25) is 0 Å². The van der Waals surface area contributed by atoms with Crippen LogP contribution >= 0.6 is 0 Å². The lowest BCUT2D eigenvalue weighted by atomic mass is 9.93. The summed E-state index contributed by atoms with van der Waals surface area (Å²) in [6.07, 6.45) is 2.50. The van der Waals surface area contributed by atoms with Crippen LogP contribution in [0.25, 0.3) is 5.69 Å². The fourth-order valence-corrected chi connectivity index (χ4v) is 3.92. The predicted molar refractivity (Wildman–Crippen MR) is 109 cm³/mol. The minimum Gasteiger partial charge on any atom is -0.477 e. The van der Waals surface area contributed by atoms with Crippen LogP contribution in [-0.4, -0.2) is 33.7 Å². The van der Waals surface area contributed by atoms with Crippen LogP contribution < -0.4 is 4.74 Å². The van der Waals surface area contributed by atoms with E-state index in [4.69, 9.17) is 4.74 Å². The Hall–Kier alpha value is -3.08. The molecule has 0 radical (unpaired) electrons. The third kappa shape index (κ3) is 3.28. The molecule has 3 aromatic rings. The highest BCUT2D eigenvalue weighted by Gasteiger charge is 2.28. The molecule has 0 N–H and O–H groups in total. The molecule has 0 saturated heterocycles. The maximum Gasteiger partial charge on any atom is 0.261 e. The van der Waals surface area contributed by atoms with Gasteiger partial charge in [-0.3, -0.25) is 4.79 Å². The van der Waals surface area contributed by atoms with E-state index in [0.29, 0.717) is 31.1 Å². The minimum absolute atomic E-state index is 0.0312. The van der Waals surface area contributed by atoms with Gasteiger partial charge in [-0.15, -0.1) is 0 Å². The van der Waals surface area contributed by atoms with E-state index in [1.54, 1.807) is 10.9 Å². The molecule has 0 fully saturated rings. The number of nitrogens with zero attached hydrogens (tertiary/aromatic N) is 3. The second-order valence-corrected chi connectivity index (χ2v) is 7.24. The van der Waals surface area contributed by atoms with E-state index in [1.165, 1.54) is 22.3 Å². The predicted octanol–water partition coefficient (Wildman–Crippen LogP) is 4.09. The van der Waals surface area contributed by atoms with E-state index in [1.807, 2.05) is 42.2 Å². The Bertz CT molecular complexity index is 1010. The summed E-state index contributed by atoms with van der Waals surface area (Å²) in [7, 11) is 0. The van der Waals surface area contributed by atoms with Crippen molar-refractivity contribution in [1.29, 1.82) is 0 Å². The van der Waals surface area contributed by atoms with Gasteiger partial charge in [0.2, 0.25) is 5.88 Å². The van der Waals surface area contributed by atoms with Gasteiger partial charge in [-0.25, -0.2) is 4.68 Å². The van der Waals surface area contributed by atoms with Crippen molar-refractivity contribution in [3.8, 4) is 11.6 Å². The minimum atomic E-state index is -0.0312. The number of fused-ring (bicyclic) bond motifs is 1. The summed E-state index contributed by atoms with van der Waals surface area (Å²) in [4.78, 5) is 15.2. The van der Waals surface area contributed by atoms with E-state index in [2.05, 4.69) is 31.1 Å². The third-order valence-corrected chi connectivity index (χ3v) is 5.23. The van der Waals surface area contributed by atoms with Gasteiger partial charge in [0.1, 0.15) is 5.56 Å². The first kappa shape index (κ1) is 18.3. The standard InChI is InChI=1S/C23H25N3O2/c1-4-28-23-20(14-24-26(23)19-8-6-5-7-9-19)22(27)25-11-10-18-13-16(2)12-17(3)21(18)15-25/h5-9,12-14H,4,10-11,15H2,1-3H3. The molecule has 5 heteroatoms. The second kappa shape index (κ2) is 7.50. The van der Waals surface area contributed by atoms with Crippen LogP contribution in [-0.2, 0) is 13.0 Å². The van der Waals surface area contributed by atoms with Crippen LogP contribution in [0, 0.1) is 13.8 Å². The maximum absolute atomic E-state index is 13.3. The third-order valence-electron chi connectivity index (χ3n) is 5.23. The van der Waals surface area contributed by atoms with Crippen molar-refractivity contribution in [1.82, 2.24) is 14.7 Å². The fourth-order valence-electron chi connectivity index (χ4n) is 3.92. The Morgan fingerprint density at radius 3 is 2.71 bits per heavy atom. The highest BCUT2D eigenvalue weighted by molar-refractivity contribution is 5.96. The molecule has 0 bridgehead atoms. The Labute approximate surface area is 165 Å². The summed E-state index contributed by atoms with van der Waals surface area (Å²) >= 11 is 0. The van der Waals surface area contributed by atoms with Gasteiger partial charge in [0, 0.05) is 13.1 Å². The Morgan fingerprint density at radius 2 is 1.96 bits per heavy atom. The van der Waals surface area contributed by atoms with Crippen molar-refractivity contribution in [2.75, 3.05) is 13.2 Å². The highest BCUT2D eigenvalue weighted by Crippen LogP contribution is 2.28. The van der Waals surface area contributed by atoms with Gasteiger partial charge in [0.25, 0.3) is 5.91 Å². The number of aromatic nitrogens is 2. The largest absolute Gasteiger partial charge is 0.477 e.